The molecule has 4 unspecified atom stereocenters. The number of hydrogen-bond donors (Lipinski definition) is 3. The minimum atomic E-state index is -1.43. The number of carbonyl (C=O) groups is 2. The van der Waals surface area contributed by atoms with Crippen LogP contribution in [0, 0.1) is 11.3 Å². The van der Waals surface area contributed by atoms with E-state index in [1.165, 1.54) is 0 Å². The van der Waals surface area contributed by atoms with E-state index >= 15 is 0 Å². The summed E-state index contributed by atoms with van der Waals surface area (Å²) in [6.45, 7) is 4.96. The van der Waals surface area contributed by atoms with Crippen molar-refractivity contribution in [2.24, 2.45) is 11.3 Å². The smallest absolute Gasteiger partial charge is 0.333 e. The molecule has 4 saturated carbocycles. The highest BCUT2D eigenvalue weighted by molar-refractivity contribution is 5.82. The third-order valence-corrected chi connectivity index (χ3v) is 5.80. The minimum Gasteiger partial charge on any atom is -0.422 e. The number of ether oxygens (including phenoxy) is 2. The maximum atomic E-state index is 12.9. The molecule has 4 aliphatic carbocycles. The van der Waals surface area contributed by atoms with Gasteiger partial charge in [0.25, 0.3) is 6.29 Å². The molecule has 7 nitrogen and oxygen atoms in total. The van der Waals surface area contributed by atoms with Crippen molar-refractivity contribution in [1.82, 2.24) is 0 Å². The van der Waals surface area contributed by atoms with Crippen LogP contribution < -0.4 is 0 Å². The Kier molecular flexibility index (Phi) is 4.46. The molecule has 4 fully saturated rings. The summed E-state index contributed by atoms with van der Waals surface area (Å²) in [5.41, 5.74) is -3.14. The van der Waals surface area contributed by atoms with Crippen LogP contribution in [0.3, 0.4) is 0 Å². The van der Waals surface area contributed by atoms with Gasteiger partial charge in [0.2, 0.25) is 0 Å². The zero-order valence-corrected chi connectivity index (χ0v) is 14.4. The van der Waals surface area contributed by atoms with Crippen LogP contribution in [0.4, 0.5) is 0 Å². The molecule has 4 aliphatic rings. The third-order valence-electron chi connectivity index (χ3n) is 5.80. The second kappa shape index (κ2) is 6.07. The molecule has 7 heteroatoms. The highest BCUT2D eigenvalue weighted by Gasteiger charge is 2.66. The monoisotopic (exact) mass is 354 g/mol. The highest BCUT2D eigenvalue weighted by atomic mass is 16.7. The standard InChI is InChI=1S/C18H26O7/c1-3-12(19)14(24-13(20)4-2)25-15(21)16-5-11-6-17(22,8-16)10-18(23,7-11)9-16/h4,11-12,14,19,22-23H,2-3,5-10H2,1H3. The Hall–Kier alpha value is -1.44. The van der Waals surface area contributed by atoms with Crippen LogP contribution in [0.15, 0.2) is 12.7 Å². The molecule has 0 aromatic rings. The van der Waals surface area contributed by atoms with Crippen molar-refractivity contribution in [3.63, 3.8) is 0 Å². The zero-order valence-electron chi connectivity index (χ0n) is 14.4. The first kappa shape index (κ1) is 18.4. The van der Waals surface area contributed by atoms with Gasteiger partial charge in [-0.2, -0.15) is 0 Å². The van der Waals surface area contributed by atoms with Crippen LogP contribution >= 0.6 is 0 Å². The summed E-state index contributed by atoms with van der Waals surface area (Å²) in [6, 6.07) is 0. The molecule has 0 spiro atoms. The van der Waals surface area contributed by atoms with Crippen LogP contribution in [0.1, 0.15) is 51.9 Å². The molecule has 0 aliphatic heterocycles. The lowest BCUT2D eigenvalue weighted by atomic mass is 9.46. The van der Waals surface area contributed by atoms with Crippen molar-refractivity contribution in [2.75, 3.05) is 0 Å². The van der Waals surface area contributed by atoms with E-state index in [0.717, 1.165) is 6.08 Å². The maximum Gasteiger partial charge on any atom is 0.333 e. The first-order valence-corrected chi connectivity index (χ1v) is 8.80. The molecule has 3 N–H and O–H groups in total. The molecule has 25 heavy (non-hydrogen) atoms. The van der Waals surface area contributed by atoms with E-state index in [1.54, 1.807) is 6.92 Å². The summed E-state index contributed by atoms with van der Waals surface area (Å²) >= 11 is 0. The maximum absolute atomic E-state index is 12.9. The highest BCUT2D eigenvalue weighted by Crippen LogP contribution is 2.63. The lowest BCUT2D eigenvalue weighted by molar-refractivity contribution is -0.252. The first-order valence-electron chi connectivity index (χ1n) is 8.80. The fraction of sp³-hybridized carbons (Fsp3) is 0.778. The molecule has 4 rings (SSSR count). The summed E-state index contributed by atoms with van der Waals surface area (Å²) in [5.74, 6) is -1.38. The Morgan fingerprint density at radius 3 is 2.24 bits per heavy atom. The van der Waals surface area contributed by atoms with E-state index in [9.17, 15) is 24.9 Å². The molecular formula is C18H26O7. The first-order chi connectivity index (χ1) is 11.6. The van der Waals surface area contributed by atoms with Crippen LogP contribution in [0.2, 0.25) is 0 Å². The van der Waals surface area contributed by atoms with Gasteiger partial charge in [-0.3, -0.25) is 4.79 Å². The fourth-order valence-corrected chi connectivity index (χ4v) is 5.33. The largest absolute Gasteiger partial charge is 0.422 e. The summed E-state index contributed by atoms with van der Waals surface area (Å²) in [5, 5.41) is 31.5. The second-order valence-electron chi connectivity index (χ2n) is 8.13. The summed E-state index contributed by atoms with van der Waals surface area (Å²) in [6.07, 6.45) is 0.981. The van der Waals surface area contributed by atoms with Gasteiger partial charge in [0, 0.05) is 12.5 Å². The molecule has 0 radical (unpaired) electrons. The topological polar surface area (TPSA) is 113 Å². The summed E-state index contributed by atoms with van der Waals surface area (Å²) < 4.78 is 10.3. The van der Waals surface area contributed by atoms with E-state index in [4.69, 9.17) is 9.47 Å². The van der Waals surface area contributed by atoms with Gasteiger partial charge in [-0.15, -0.1) is 0 Å². The predicted octanol–water partition coefficient (Wildman–Crippen LogP) is 0.802. The molecule has 4 atom stereocenters. The quantitative estimate of drug-likeness (QED) is 0.367. The number of aliphatic hydroxyl groups excluding tert-OH is 1. The number of esters is 2. The van der Waals surface area contributed by atoms with Crippen LogP contribution in [-0.2, 0) is 19.1 Å². The number of carbonyl (C=O) groups excluding carboxylic acids is 2. The summed E-state index contributed by atoms with van der Waals surface area (Å²) in [4.78, 5) is 24.4. The predicted molar refractivity (Wildman–Crippen MR) is 86.0 cm³/mol. The van der Waals surface area contributed by atoms with Gasteiger partial charge >= 0.3 is 11.9 Å². The zero-order chi connectivity index (χ0) is 18.5. The lowest BCUT2D eigenvalue weighted by Crippen LogP contribution is -2.65. The Morgan fingerprint density at radius 2 is 1.76 bits per heavy atom. The van der Waals surface area contributed by atoms with Crippen molar-refractivity contribution in [3.8, 4) is 0 Å². The average Bonchev–Trinajstić information content (AvgIpc) is 2.49. The van der Waals surface area contributed by atoms with Gasteiger partial charge in [0.15, 0.2) is 0 Å². The van der Waals surface area contributed by atoms with Crippen LogP contribution in [0.5, 0.6) is 0 Å². The minimum absolute atomic E-state index is 0.0593. The fourth-order valence-electron chi connectivity index (χ4n) is 5.33. The Morgan fingerprint density at radius 1 is 1.16 bits per heavy atom. The molecule has 0 amide bonds. The summed E-state index contributed by atoms with van der Waals surface area (Å²) in [7, 11) is 0. The second-order valence-corrected chi connectivity index (χ2v) is 8.13. The van der Waals surface area contributed by atoms with Crippen molar-refractivity contribution in [3.05, 3.63) is 12.7 Å². The molecule has 0 saturated heterocycles. The van der Waals surface area contributed by atoms with E-state index in [2.05, 4.69) is 6.58 Å². The van der Waals surface area contributed by atoms with Gasteiger partial charge < -0.3 is 24.8 Å². The van der Waals surface area contributed by atoms with Crippen LogP contribution in [-0.4, -0.2) is 50.9 Å². The molecular weight excluding hydrogens is 328 g/mol. The Bertz CT molecular complexity index is 568. The van der Waals surface area contributed by atoms with Gasteiger partial charge in [-0.05, 0) is 44.4 Å². The van der Waals surface area contributed by atoms with E-state index < -0.39 is 40.9 Å². The number of aliphatic hydroxyl groups is 3. The van der Waals surface area contributed by atoms with Crippen LogP contribution in [0.25, 0.3) is 0 Å². The molecule has 0 aromatic carbocycles. The van der Waals surface area contributed by atoms with Crippen molar-refractivity contribution >= 4 is 11.9 Å². The van der Waals surface area contributed by atoms with Crippen molar-refractivity contribution < 1.29 is 34.4 Å². The van der Waals surface area contributed by atoms with Crippen molar-refractivity contribution in [1.29, 1.82) is 0 Å². The lowest BCUT2D eigenvalue weighted by Gasteiger charge is -2.61. The third kappa shape index (κ3) is 3.32. The molecule has 0 heterocycles. The molecule has 140 valence electrons. The number of hydrogen-bond acceptors (Lipinski definition) is 7. The average molecular weight is 354 g/mol. The van der Waals surface area contributed by atoms with E-state index in [1.807, 2.05) is 0 Å². The molecule has 0 aromatic heterocycles. The van der Waals surface area contributed by atoms with Crippen molar-refractivity contribution in [2.45, 2.75) is 75.5 Å². The number of rotatable bonds is 6. The SMILES string of the molecule is C=CC(=O)OC(OC(=O)C12CC3CC(O)(CC(O)(C3)C1)C2)C(O)CC. The van der Waals surface area contributed by atoms with E-state index in [0.29, 0.717) is 19.3 Å². The van der Waals surface area contributed by atoms with Gasteiger partial charge in [0.05, 0.1) is 16.6 Å². The normalized spacial score (nSPS) is 41.0. The Labute approximate surface area is 146 Å². The molecule has 4 bridgehead atoms. The van der Waals surface area contributed by atoms with Gasteiger partial charge in [-0.1, -0.05) is 13.5 Å². The van der Waals surface area contributed by atoms with E-state index in [-0.39, 0.29) is 31.6 Å². The van der Waals surface area contributed by atoms with Gasteiger partial charge in [-0.25, -0.2) is 4.79 Å². The van der Waals surface area contributed by atoms with Gasteiger partial charge in [0.1, 0.15) is 6.10 Å². The Balaban J connectivity index is 1.79.